The van der Waals surface area contributed by atoms with Crippen molar-refractivity contribution in [1.82, 2.24) is 4.98 Å². The number of aromatic nitrogens is 1. The van der Waals surface area contributed by atoms with Crippen molar-refractivity contribution >= 4 is 17.8 Å². The van der Waals surface area contributed by atoms with Gasteiger partial charge >= 0.3 is 0 Å². The van der Waals surface area contributed by atoms with Crippen LogP contribution in [0.2, 0.25) is 0 Å². The SMILES string of the molecule is COc1ccc(/C=C(\C#N)C(=O)Nc2ccccn2)cc1OC. The number of rotatable bonds is 5. The van der Waals surface area contributed by atoms with Crippen LogP contribution in [0.15, 0.2) is 48.2 Å². The Morgan fingerprint density at radius 1 is 1.22 bits per heavy atom. The van der Waals surface area contributed by atoms with E-state index in [9.17, 15) is 10.1 Å². The van der Waals surface area contributed by atoms with Crippen LogP contribution in [0.25, 0.3) is 6.08 Å². The molecule has 23 heavy (non-hydrogen) atoms. The number of methoxy groups -OCH3 is 2. The average molecular weight is 309 g/mol. The van der Waals surface area contributed by atoms with Gasteiger partial charge in [-0.1, -0.05) is 12.1 Å². The lowest BCUT2D eigenvalue weighted by Gasteiger charge is -2.08. The highest BCUT2D eigenvalue weighted by Gasteiger charge is 2.11. The van der Waals surface area contributed by atoms with Crippen LogP contribution in [0.1, 0.15) is 5.56 Å². The van der Waals surface area contributed by atoms with Crippen LogP contribution in [-0.2, 0) is 4.79 Å². The fraction of sp³-hybridized carbons (Fsp3) is 0.118. The summed E-state index contributed by atoms with van der Waals surface area (Å²) >= 11 is 0. The molecule has 6 heteroatoms. The second-order valence-electron chi connectivity index (χ2n) is 4.45. The zero-order valence-corrected chi connectivity index (χ0v) is 12.7. The van der Waals surface area contributed by atoms with Crippen molar-refractivity contribution in [2.75, 3.05) is 19.5 Å². The van der Waals surface area contributed by atoms with Gasteiger partial charge in [0.2, 0.25) is 0 Å². The van der Waals surface area contributed by atoms with Crippen molar-refractivity contribution in [2.45, 2.75) is 0 Å². The molecule has 0 spiro atoms. The predicted octanol–water partition coefficient (Wildman–Crippen LogP) is 2.64. The predicted molar refractivity (Wildman–Crippen MR) is 86.0 cm³/mol. The van der Waals surface area contributed by atoms with Crippen LogP contribution in [0.4, 0.5) is 5.82 Å². The van der Waals surface area contributed by atoms with Gasteiger partial charge in [-0.25, -0.2) is 4.98 Å². The molecule has 1 aromatic heterocycles. The number of hydrogen-bond acceptors (Lipinski definition) is 5. The maximum atomic E-state index is 12.1. The lowest BCUT2D eigenvalue weighted by molar-refractivity contribution is -0.112. The molecule has 1 amide bonds. The molecule has 0 radical (unpaired) electrons. The van der Waals surface area contributed by atoms with Crippen molar-refractivity contribution in [3.63, 3.8) is 0 Å². The van der Waals surface area contributed by atoms with E-state index in [0.717, 1.165) is 0 Å². The van der Waals surface area contributed by atoms with Gasteiger partial charge in [0.15, 0.2) is 11.5 Å². The molecule has 1 aromatic carbocycles. The Bertz CT molecular complexity index is 764. The molecule has 1 heterocycles. The third kappa shape index (κ3) is 4.08. The average Bonchev–Trinajstić information content (AvgIpc) is 2.60. The number of amides is 1. The minimum atomic E-state index is -0.527. The summed E-state index contributed by atoms with van der Waals surface area (Å²) in [5.41, 5.74) is 0.609. The van der Waals surface area contributed by atoms with Gasteiger partial charge in [0, 0.05) is 6.20 Å². The monoisotopic (exact) mass is 309 g/mol. The summed E-state index contributed by atoms with van der Waals surface area (Å²) in [6.45, 7) is 0. The smallest absolute Gasteiger partial charge is 0.267 e. The van der Waals surface area contributed by atoms with Crippen molar-refractivity contribution in [1.29, 1.82) is 5.26 Å². The Balaban J connectivity index is 2.25. The normalized spacial score (nSPS) is 10.6. The molecule has 6 nitrogen and oxygen atoms in total. The first-order valence-electron chi connectivity index (χ1n) is 6.74. The second-order valence-corrected chi connectivity index (χ2v) is 4.45. The molecule has 0 fully saturated rings. The molecular weight excluding hydrogens is 294 g/mol. The van der Waals surface area contributed by atoms with Gasteiger partial charge in [0.05, 0.1) is 14.2 Å². The molecule has 1 N–H and O–H groups in total. The van der Waals surface area contributed by atoms with Gasteiger partial charge in [-0.05, 0) is 35.9 Å². The highest BCUT2D eigenvalue weighted by molar-refractivity contribution is 6.09. The molecule has 0 saturated heterocycles. The third-order valence-corrected chi connectivity index (χ3v) is 2.99. The maximum absolute atomic E-state index is 12.1. The summed E-state index contributed by atoms with van der Waals surface area (Å²) in [4.78, 5) is 16.1. The zero-order valence-electron chi connectivity index (χ0n) is 12.7. The van der Waals surface area contributed by atoms with Crippen LogP contribution in [0.5, 0.6) is 11.5 Å². The number of ether oxygens (including phenoxy) is 2. The summed E-state index contributed by atoms with van der Waals surface area (Å²) in [5.74, 6) is 0.941. The fourth-order valence-corrected chi connectivity index (χ4v) is 1.88. The van der Waals surface area contributed by atoms with E-state index in [-0.39, 0.29) is 5.57 Å². The van der Waals surface area contributed by atoms with Crippen molar-refractivity contribution < 1.29 is 14.3 Å². The van der Waals surface area contributed by atoms with Gasteiger partial charge in [-0.15, -0.1) is 0 Å². The Kier molecular flexibility index (Phi) is 5.31. The summed E-state index contributed by atoms with van der Waals surface area (Å²) < 4.78 is 10.4. The van der Waals surface area contributed by atoms with E-state index in [1.54, 1.807) is 42.6 Å². The Labute approximate surface area is 134 Å². The standard InChI is InChI=1S/C17H15N3O3/c1-22-14-7-6-12(10-15(14)23-2)9-13(11-18)17(21)20-16-5-3-4-8-19-16/h3-10H,1-2H3,(H,19,20,21)/b13-9+. The van der Waals surface area contributed by atoms with Crippen molar-refractivity contribution in [3.8, 4) is 17.6 Å². The first-order chi connectivity index (χ1) is 11.2. The Morgan fingerprint density at radius 3 is 2.61 bits per heavy atom. The number of hydrogen-bond donors (Lipinski definition) is 1. The quantitative estimate of drug-likeness (QED) is 0.678. The van der Waals surface area contributed by atoms with Crippen molar-refractivity contribution in [2.24, 2.45) is 0 Å². The minimum absolute atomic E-state index is 0.0390. The number of nitrogens with one attached hydrogen (secondary N) is 1. The van der Waals surface area contributed by atoms with Crippen LogP contribution in [0, 0.1) is 11.3 Å². The van der Waals surface area contributed by atoms with E-state index >= 15 is 0 Å². The summed E-state index contributed by atoms with van der Waals surface area (Å²) in [6, 6.07) is 12.1. The lowest BCUT2D eigenvalue weighted by Crippen LogP contribution is -2.14. The number of anilines is 1. The van der Waals surface area contributed by atoms with Crippen LogP contribution in [0.3, 0.4) is 0 Å². The highest BCUT2D eigenvalue weighted by atomic mass is 16.5. The number of benzene rings is 1. The van der Waals surface area contributed by atoms with Crippen LogP contribution < -0.4 is 14.8 Å². The van der Waals surface area contributed by atoms with E-state index < -0.39 is 5.91 Å². The highest BCUT2D eigenvalue weighted by Crippen LogP contribution is 2.28. The molecular formula is C17H15N3O3. The van der Waals surface area contributed by atoms with E-state index in [1.165, 1.54) is 20.3 Å². The number of carbonyl (C=O) groups excluding carboxylic acids is 1. The Morgan fingerprint density at radius 2 is 2.00 bits per heavy atom. The fourth-order valence-electron chi connectivity index (χ4n) is 1.88. The number of nitrogens with zero attached hydrogens (tertiary/aromatic N) is 2. The van der Waals surface area contributed by atoms with E-state index in [4.69, 9.17) is 9.47 Å². The summed E-state index contributed by atoms with van der Waals surface area (Å²) in [7, 11) is 3.05. The second kappa shape index (κ2) is 7.61. The largest absolute Gasteiger partial charge is 0.493 e. The molecule has 0 aliphatic carbocycles. The van der Waals surface area contributed by atoms with E-state index in [2.05, 4.69) is 10.3 Å². The maximum Gasteiger partial charge on any atom is 0.267 e. The van der Waals surface area contributed by atoms with E-state index in [0.29, 0.717) is 22.9 Å². The first kappa shape index (κ1) is 16.0. The van der Waals surface area contributed by atoms with Crippen molar-refractivity contribution in [3.05, 3.63) is 53.7 Å². The van der Waals surface area contributed by atoms with Gasteiger partial charge in [-0.3, -0.25) is 4.79 Å². The molecule has 0 saturated carbocycles. The number of pyridine rings is 1. The molecule has 0 aliphatic rings. The third-order valence-electron chi connectivity index (χ3n) is 2.99. The molecule has 2 aromatic rings. The Hall–Kier alpha value is -3.33. The van der Waals surface area contributed by atoms with Crippen LogP contribution in [-0.4, -0.2) is 25.1 Å². The minimum Gasteiger partial charge on any atom is -0.493 e. The first-order valence-corrected chi connectivity index (χ1v) is 6.74. The van der Waals surface area contributed by atoms with E-state index in [1.807, 2.05) is 6.07 Å². The molecule has 0 aliphatic heterocycles. The summed E-state index contributed by atoms with van der Waals surface area (Å²) in [5, 5.41) is 11.8. The molecule has 0 atom stereocenters. The summed E-state index contributed by atoms with van der Waals surface area (Å²) in [6.07, 6.45) is 3.03. The molecule has 0 unspecified atom stereocenters. The van der Waals surface area contributed by atoms with Gasteiger partial charge in [-0.2, -0.15) is 5.26 Å². The van der Waals surface area contributed by atoms with Crippen LogP contribution >= 0.6 is 0 Å². The van der Waals surface area contributed by atoms with Gasteiger partial charge in [0.25, 0.3) is 5.91 Å². The molecule has 2 rings (SSSR count). The van der Waals surface area contributed by atoms with Gasteiger partial charge < -0.3 is 14.8 Å². The zero-order chi connectivity index (χ0) is 16.7. The molecule has 116 valence electrons. The lowest BCUT2D eigenvalue weighted by atomic mass is 10.1. The number of nitriles is 1. The molecule has 0 bridgehead atoms. The topological polar surface area (TPSA) is 84.2 Å². The van der Waals surface area contributed by atoms with Gasteiger partial charge in [0.1, 0.15) is 17.5 Å². The number of carbonyl (C=O) groups is 1.